The van der Waals surface area contributed by atoms with Crippen LogP contribution in [0.1, 0.15) is 11.1 Å². The topological polar surface area (TPSA) is 32.3 Å². The molecule has 0 bridgehead atoms. The Labute approximate surface area is 72.5 Å². The Balaban J connectivity index is 3.18. The summed E-state index contributed by atoms with van der Waals surface area (Å²) in [7, 11) is 0. The fourth-order valence-corrected chi connectivity index (χ4v) is 1.27. The average Bonchev–Trinajstić information content (AvgIpc) is 1.96. The van der Waals surface area contributed by atoms with Gasteiger partial charge in [0.1, 0.15) is 5.75 Å². The molecule has 64 valence electrons. The van der Waals surface area contributed by atoms with Crippen LogP contribution in [0.5, 0.6) is 5.75 Å². The van der Waals surface area contributed by atoms with Crippen molar-refractivity contribution >= 4 is 5.69 Å². The van der Waals surface area contributed by atoms with E-state index < -0.39 is 0 Å². The van der Waals surface area contributed by atoms with Crippen molar-refractivity contribution in [1.29, 1.82) is 0 Å². The largest absolute Gasteiger partial charge is 0.508 e. The fraction of sp³-hybridized carbons (Fsp3) is 0.200. The molecule has 0 aromatic heterocycles. The van der Waals surface area contributed by atoms with Gasteiger partial charge in [-0.25, -0.2) is 0 Å². The Morgan fingerprint density at radius 2 is 1.83 bits per heavy atom. The lowest BCUT2D eigenvalue weighted by atomic mass is 10.1. The van der Waals surface area contributed by atoms with Gasteiger partial charge in [-0.3, -0.25) is 0 Å². The molecule has 0 amide bonds. The van der Waals surface area contributed by atoms with E-state index in [9.17, 15) is 5.11 Å². The Kier molecular flexibility index (Phi) is 2.38. The number of benzene rings is 1. The number of phenols is 1. The predicted octanol–water partition coefficient (Wildman–Crippen LogP) is 2.56. The van der Waals surface area contributed by atoms with Gasteiger partial charge >= 0.3 is 0 Å². The standard InChI is InChI=1S/C10H13NO/c1-4-11-10-7(2)5-9(12)6-8(10)3/h4-6,11-12H,1H2,2-3H3. The van der Waals surface area contributed by atoms with Crippen LogP contribution < -0.4 is 5.32 Å². The summed E-state index contributed by atoms with van der Waals surface area (Å²) >= 11 is 0. The van der Waals surface area contributed by atoms with Crippen LogP contribution in [0.4, 0.5) is 5.69 Å². The van der Waals surface area contributed by atoms with Gasteiger partial charge in [0.25, 0.3) is 0 Å². The van der Waals surface area contributed by atoms with Gasteiger partial charge in [0.15, 0.2) is 0 Å². The van der Waals surface area contributed by atoms with E-state index in [1.807, 2.05) is 13.8 Å². The van der Waals surface area contributed by atoms with E-state index in [2.05, 4.69) is 11.9 Å². The number of hydrogen-bond acceptors (Lipinski definition) is 2. The maximum absolute atomic E-state index is 9.23. The van der Waals surface area contributed by atoms with Gasteiger partial charge in [-0.2, -0.15) is 0 Å². The highest BCUT2D eigenvalue weighted by Gasteiger charge is 2.01. The van der Waals surface area contributed by atoms with Gasteiger partial charge in [0.05, 0.1) is 0 Å². The highest BCUT2D eigenvalue weighted by molar-refractivity contribution is 5.60. The highest BCUT2D eigenvalue weighted by atomic mass is 16.3. The summed E-state index contributed by atoms with van der Waals surface area (Å²) in [6.07, 6.45) is 1.63. The molecule has 0 aliphatic heterocycles. The van der Waals surface area contributed by atoms with Crippen molar-refractivity contribution in [3.63, 3.8) is 0 Å². The first kappa shape index (κ1) is 8.65. The summed E-state index contributed by atoms with van der Waals surface area (Å²) in [6.45, 7) is 7.47. The van der Waals surface area contributed by atoms with Gasteiger partial charge in [0, 0.05) is 5.69 Å². The lowest BCUT2D eigenvalue weighted by Crippen LogP contribution is -1.93. The minimum atomic E-state index is 0.305. The van der Waals surface area contributed by atoms with E-state index in [1.54, 1.807) is 18.3 Å². The molecule has 1 aromatic rings. The van der Waals surface area contributed by atoms with Gasteiger partial charge in [-0.1, -0.05) is 6.58 Å². The maximum Gasteiger partial charge on any atom is 0.116 e. The van der Waals surface area contributed by atoms with Crippen molar-refractivity contribution in [1.82, 2.24) is 0 Å². The lowest BCUT2D eigenvalue weighted by Gasteiger charge is -2.09. The number of hydrogen-bond donors (Lipinski definition) is 2. The molecule has 0 saturated carbocycles. The first-order valence-corrected chi connectivity index (χ1v) is 3.83. The molecule has 0 spiro atoms. The monoisotopic (exact) mass is 163 g/mol. The number of aromatic hydroxyl groups is 1. The summed E-state index contributed by atoms with van der Waals surface area (Å²) < 4.78 is 0. The second-order valence-corrected chi connectivity index (χ2v) is 2.80. The third kappa shape index (κ3) is 1.59. The first-order chi connectivity index (χ1) is 5.65. The predicted molar refractivity (Wildman–Crippen MR) is 51.4 cm³/mol. The summed E-state index contributed by atoms with van der Waals surface area (Å²) in [6, 6.07) is 3.44. The molecule has 1 aromatic carbocycles. The molecule has 0 radical (unpaired) electrons. The second-order valence-electron chi connectivity index (χ2n) is 2.80. The number of phenolic OH excluding ortho intramolecular Hbond substituents is 1. The summed E-state index contributed by atoms with van der Waals surface area (Å²) in [5.74, 6) is 0.305. The van der Waals surface area contributed by atoms with E-state index in [0.29, 0.717) is 5.75 Å². The van der Waals surface area contributed by atoms with Crippen molar-refractivity contribution < 1.29 is 5.11 Å². The number of rotatable bonds is 2. The summed E-state index contributed by atoms with van der Waals surface area (Å²) in [5, 5.41) is 12.3. The van der Waals surface area contributed by atoms with Crippen molar-refractivity contribution in [2.24, 2.45) is 0 Å². The molecule has 0 fully saturated rings. The highest BCUT2D eigenvalue weighted by Crippen LogP contribution is 2.25. The number of nitrogens with one attached hydrogen (secondary N) is 1. The molecule has 0 heterocycles. The van der Waals surface area contributed by atoms with Crippen LogP contribution in [0, 0.1) is 13.8 Å². The molecule has 0 atom stereocenters. The van der Waals surface area contributed by atoms with Crippen LogP contribution in [-0.2, 0) is 0 Å². The molecule has 2 heteroatoms. The maximum atomic E-state index is 9.23. The Bertz CT molecular complexity index is 282. The smallest absolute Gasteiger partial charge is 0.116 e. The van der Waals surface area contributed by atoms with Crippen LogP contribution >= 0.6 is 0 Å². The Morgan fingerprint density at radius 3 is 2.25 bits per heavy atom. The molecule has 1 rings (SSSR count). The third-order valence-corrected chi connectivity index (χ3v) is 1.76. The van der Waals surface area contributed by atoms with Gasteiger partial charge in [0.2, 0.25) is 0 Å². The van der Waals surface area contributed by atoms with Crippen LogP contribution in [0.3, 0.4) is 0 Å². The van der Waals surface area contributed by atoms with E-state index in [4.69, 9.17) is 0 Å². The first-order valence-electron chi connectivity index (χ1n) is 3.83. The molecular formula is C10H13NO. The Morgan fingerprint density at radius 1 is 1.33 bits per heavy atom. The number of aryl methyl sites for hydroxylation is 2. The number of anilines is 1. The molecule has 0 aliphatic rings. The van der Waals surface area contributed by atoms with Gasteiger partial charge < -0.3 is 10.4 Å². The quantitative estimate of drug-likeness (QED) is 0.657. The molecule has 0 aliphatic carbocycles. The molecule has 12 heavy (non-hydrogen) atoms. The minimum absolute atomic E-state index is 0.305. The van der Waals surface area contributed by atoms with Crippen LogP contribution in [0.25, 0.3) is 0 Å². The third-order valence-electron chi connectivity index (χ3n) is 1.76. The van der Waals surface area contributed by atoms with Crippen molar-refractivity contribution in [3.8, 4) is 5.75 Å². The lowest BCUT2D eigenvalue weighted by molar-refractivity contribution is 0.474. The van der Waals surface area contributed by atoms with Crippen LogP contribution in [0.15, 0.2) is 24.9 Å². The van der Waals surface area contributed by atoms with Crippen LogP contribution in [-0.4, -0.2) is 5.11 Å². The zero-order valence-electron chi connectivity index (χ0n) is 7.39. The van der Waals surface area contributed by atoms with E-state index in [-0.39, 0.29) is 0 Å². The van der Waals surface area contributed by atoms with Gasteiger partial charge in [-0.05, 0) is 43.3 Å². The summed E-state index contributed by atoms with van der Waals surface area (Å²) in [5.41, 5.74) is 3.06. The summed E-state index contributed by atoms with van der Waals surface area (Å²) in [4.78, 5) is 0. The minimum Gasteiger partial charge on any atom is -0.508 e. The zero-order chi connectivity index (χ0) is 9.14. The van der Waals surface area contributed by atoms with E-state index in [1.165, 1.54) is 0 Å². The molecule has 0 saturated heterocycles. The normalized spacial score (nSPS) is 9.50. The van der Waals surface area contributed by atoms with E-state index in [0.717, 1.165) is 16.8 Å². The fourth-order valence-electron chi connectivity index (χ4n) is 1.27. The molecule has 2 nitrogen and oxygen atoms in total. The van der Waals surface area contributed by atoms with Gasteiger partial charge in [-0.15, -0.1) is 0 Å². The average molecular weight is 163 g/mol. The van der Waals surface area contributed by atoms with Crippen LogP contribution in [0.2, 0.25) is 0 Å². The van der Waals surface area contributed by atoms with E-state index >= 15 is 0 Å². The molecular weight excluding hydrogens is 150 g/mol. The Hall–Kier alpha value is -1.44. The molecule has 2 N–H and O–H groups in total. The van der Waals surface area contributed by atoms with Crippen molar-refractivity contribution in [2.45, 2.75) is 13.8 Å². The van der Waals surface area contributed by atoms with Crippen molar-refractivity contribution in [2.75, 3.05) is 5.32 Å². The SMILES string of the molecule is C=CNc1c(C)cc(O)cc1C. The zero-order valence-corrected chi connectivity index (χ0v) is 7.39. The molecule has 0 unspecified atom stereocenters. The van der Waals surface area contributed by atoms with Crippen molar-refractivity contribution in [3.05, 3.63) is 36.0 Å². The second kappa shape index (κ2) is 3.30.